The zero-order valence-electron chi connectivity index (χ0n) is 8.41. The number of hydrogen-bond donors (Lipinski definition) is 1. The molecule has 2 rings (SSSR count). The van der Waals surface area contributed by atoms with Gasteiger partial charge in [-0.1, -0.05) is 23.7 Å². The Morgan fingerprint density at radius 2 is 2.13 bits per heavy atom. The Kier molecular flexibility index (Phi) is 3.09. The Balaban J connectivity index is 2.35. The third-order valence-corrected chi connectivity index (χ3v) is 2.58. The first-order valence-corrected chi connectivity index (χ1v) is 5.14. The average Bonchev–Trinajstić information content (AvgIpc) is 2.72. The minimum absolute atomic E-state index is 0.127. The van der Waals surface area contributed by atoms with E-state index in [1.165, 1.54) is 0 Å². The van der Waals surface area contributed by atoms with Crippen LogP contribution in [0.2, 0.25) is 5.02 Å². The SMILES string of the molecule is CNC(c1ccoc1)c1cccc(Cl)c1. The molecule has 78 valence electrons. The summed E-state index contributed by atoms with van der Waals surface area (Å²) in [5.41, 5.74) is 2.23. The normalized spacial score (nSPS) is 12.7. The van der Waals surface area contributed by atoms with Crippen molar-refractivity contribution in [2.24, 2.45) is 0 Å². The quantitative estimate of drug-likeness (QED) is 0.861. The lowest BCUT2D eigenvalue weighted by Crippen LogP contribution is -2.16. The standard InChI is InChI=1S/C12H12ClNO/c1-14-12(10-5-6-15-8-10)9-3-2-4-11(13)7-9/h2-8,12,14H,1H3. The van der Waals surface area contributed by atoms with Gasteiger partial charge < -0.3 is 9.73 Å². The van der Waals surface area contributed by atoms with Gasteiger partial charge in [-0.15, -0.1) is 0 Å². The predicted octanol–water partition coefficient (Wildman–Crippen LogP) is 3.24. The lowest BCUT2D eigenvalue weighted by Gasteiger charge is -2.14. The summed E-state index contributed by atoms with van der Waals surface area (Å²) in [5.74, 6) is 0. The van der Waals surface area contributed by atoms with Crippen molar-refractivity contribution in [2.75, 3.05) is 7.05 Å². The van der Waals surface area contributed by atoms with Gasteiger partial charge in [0.1, 0.15) is 0 Å². The van der Waals surface area contributed by atoms with Crippen molar-refractivity contribution < 1.29 is 4.42 Å². The van der Waals surface area contributed by atoms with Crippen molar-refractivity contribution in [2.45, 2.75) is 6.04 Å². The Labute approximate surface area is 93.9 Å². The van der Waals surface area contributed by atoms with Gasteiger partial charge in [-0.25, -0.2) is 0 Å². The minimum atomic E-state index is 0.127. The van der Waals surface area contributed by atoms with Crippen molar-refractivity contribution >= 4 is 11.6 Å². The van der Waals surface area contributed by atoms with Gasteiger partial charge in [-0.3, -0.25) is 0 Å². The van der Waals surface area contributed by atoms with E-state index in [4.69, 9.17) is 16.0 Å². The van der Waals surface area contributed by atoms with E-state index in [9.17, 15) is 0 Å². The molecule has 1 unspecified atom stereocenters. The van der Waals surface area contributed by atoms with Crippen molar-refractivity contribution in [3.63, 3.8) is 0 Å². The van der Waals surface area contributed by atoms with Crippen molar-refractivity contribution in [3.05, 3.63) is 59.0 Å². The fourth-order valence-electron chi connectivity index (χ4n) is 1.65. The maximum Gasteiger partial charge on any atom is 0.0953 e. The van der Waals surface area contributed by atoms with E-state index in [0.717, 1.165) is 16.1 Å². The van der Waals surface area contributed by atoms with Crippen LogP contribution in [-0.2, 0) is 0 Å². The fraction of sp³-hybridized carbons (Fsp3) is 0.167. The van der Waals surface area contributed by atoms with Crippen LogP contribution < -0.4 is 5.32 Å². The number of halogens is 1. The molecule has 15 heavy (non-hydrogen) atoms. The Hall–Kier alpha value is -1.25. The summed E-state index contributed by atoms with van der Waals surface area (Å²) in [7, 11) is 1.92. The van der Waals surface area contributed by atoms with E-state index in [0.29, 0.717) is 0 Å². The zero-order chi connectivity index (χ0) is 10.7. The summed E-state index contributed by atoms with van der Waals surface area (Å²) < 4.78 is 5.08. The van der Waals surface area contributed by atoms with Crippen LogP contribution in [0.4, 0.5) is 0 Å². The van der Waals surface area contributed by atoms with Gasteiger partial charge in [0.05, 0.1) is 18.6 Å². The molecule has 0 spiro atoms. The zero-order valence-corrected chi connectivity index (χ0v) is 9.16. The molecular formula is C12H12ClNO. The highest BCUT2D eigenvalue weighted by Gasteiger charge is 2.12. The molecule has 0 aliphatic rings. The summed E-state index contributed by atoms with van der Waals surface area (Å²) in [4.78, 5) is 0. The molecule has 0 saturated heterocycles. The first-order chi connectivity index (χ1) is 7.31. The van der Waals surface area contributed by atoms with Crippen LogP contribution in [-0.4, -0.2) is 7.05 Å². The number of hydrogen-bond acceptors (Lipinski definition) is 2. The number of benzene rings is 1. The molecule has 1 heterocycles. The maximum atomic E-state index is 5.96. The van der Waals surface area contributed by atoms with Gasteiger partial charge in [-0.05, 0) is 30.8 Å². The van der Waals surface area contributed by atoms with E-state index in [1.807, 2.05) is 37.4 Å². The highest BCUT2D eigenvalue weighted by Crippen LogP contribution is 2.24. The third-order valence-electron chi connectivity index (χ3n) is 2.35. The molecule has 2 aromatic rings. The van der Waals surface area contributed by atoms with Crippen molar-refractivity contribution in [1.82, 2.24) is 5.32 Å². The van der Waals surface area contributed by atoms with Crippen LogP contribution in [0, 0.1) is 0 Å². The fourth-order valence-corrected chi connectivity index (χ4v) is 1.85. The van der Waals surface area contributed by atoms with Gasteiger partial charge in [0.15, 0.2) is 0 Å². The summed E-state index contributed by atoms with van der Waals surface area (Å²) in [6.07, 6.45) is 3.41. The third kappa shape index (κ3) is 2.22. The topological polar surface area (TPSA) is 25.2 Å². The highest BCUT2D eigenvalue weighted by molar-refractivity contribution is 6.30. The van der Waals surface area contributed by atoms with Crippen LogP contribution in [0.25, 0.3) is 0 Å². The Bertz CT molecular complexity index is 425. The Morgan fingerprint density at radius 1 is 1.27 bits per heavy atom. The maximum absolute atomic E-state index is 5.96. The lowest BCUT2D eigenvalue weighted by atomic mass is 10.0. The molecule has 0 aliphatic heterocycles. The van der Waals surface area contributed by atoms with Gasteiger partial charge in [-0.2, -0.15) is 0 Å². The molecule has 0 amide bonds. The Morgan fingerprint density at radius 3 is 2.73 bits per heavy atom. The van der Waals surface area contributed by atoms with E-state index in [-0.39, 0.29) is 6.04 Å². The highest BCUT2D eigenvalue weighted by atomic mass is 35.5. The molecule has 0 fully saturated rings. The first kappa shape index (κ1) is 10.3. The molecule has 0 radical (unpaired) electrons. The molecular weight excluding hydrogens is 210 g/mol. The lowest BCUT2D eigenvalue weighted by molar-refractivity contribution is 0.557. The van der Waals surface area contributed by atoms with Crippen LogP contribution in [0.1, 0.15) is 17.2 Å². The molecule has 0 aliphatic carbocycles. The molecule has 0 bridgehead atoms. The average molecular weight is 222 g/mol. The molecule has 2 nitrogen and oxygen atoms in total. The summed E-state index contributed by atoms with van der Waals surface area (Å²) in [5, 5.41) is 3.98. The first-order valence-electron chi connectivity index (χ1n) is 4.76. The second kappa shape index (κ2) is 4.51. The molecule has 1 N–H and O–H groups in total. The summed E-state index contributed by atoms with van der Waals surface area (Å²) in [6.45, 7) is 0. The summed E-state index contributed by atoms with van der Waals surface area (Å²) >= 11 is 5.96. The largest absolute Gasteiger partial charge is 0.472 e. The van der Waals surface area contributed by atoms with Crippen molar-refractivity contribution in [1.29, 1.82) is 0 Å². The number of furan rings is 1. The monoisotopic (exact) mass is 221 g/mol. The smallest absolute Gasteiger partial charge is 0.0953 e. The van der Waals surface area contributed by atoms with Crippen LogP contribution >= 0.6 is 11.6 Å². The predicted molar refractivity (Wildman–Crippen MR) is 61.1 cm³/mol. The molecule has 1 aromatic heterocycles. The van der Waals surface area contributed by atoms with Crippen LogP contribution in [0.5, 0.6) is 0 Å². The van der Waals surface area contributed by atoms with Gasteiger partial charge >= 0.3 is 0 Å². The van der Waals surface area contributed by atoms with Crippen molar-refractivity contribution in [3.8, 4) is 0 Å². The second-order valence-corrected chi connectivity index (χ2v) is 3.77. The molecule has 1 atom stereocenters. The van der Waals surface area contributed by atoms with Gasteiger partial charge in [0.2, 0.25) is 0 Å². The number of nitrogens with one attached hydrogen (secondary N) is 1. The minimum Gasteiger partial charge on any atom is -0.472 e. The number of rotatable bonds is 3. The molecule has 0 saturated carbocycles. The molecule has 3 heteroatoms. The molecule has 1 aromatic carbocycles. The van der Waals surface area contributed by atoms with Crippen LogP contribution in [0.15, 0.2) is 47.3 Å². The van der Waals surface area contributed by atoms with E-state index in [1.54, 1.807) is 12.5 Å². The van der Waals surface area contributed by atoms with E-state index < -0.39 is 0 Å². The summed E-state index contributed by atoms with van der Waals surface area (Å²) in [6, 6.07) is 9.88. The van der Waals surface area contributed by atoms with E-state index in [2.05, 4.69) is 5.32 Å². The van der Waals surface area contributed by atoms with E-state index >= 15 is 0 Å². The second-order valence-electron chi connectivity index (χ2n) is 3.33. The van der Waals surface area contributed by atoms with Gasteiger partial charge in [0.25, 0.3) is 0 Å². The van der Waals surface area contributed by atoms with Crippen LogP contribution in [0.3, 0.4) is 0 Å². The van der Waals surface area contributed by atoms with Gasteiger partial charge in [0, 0.05) is 10.6 Å².